The van der Waals surface area contributed by atoms with Gasteiger partial charge in [-0.1, -0.05) is 42.5 Å². The van der Waals surface area contributed by atoms with Gasteiger partial charge in [0.15, 0.2) is 0 Å². The number of nitrogens with one attached hydrogen (secondary N) is 1. The van der Waals surface area contributed by atoms with Gasteiger partial charge in [-0.25, -0.2) is 0 Å². The van der Waals surface area contributed by atoms with E-state index >= 15 is 0 Å². The number of benzene rings is 2. The molecule has 8 heteroatoms. The number of carbonyl (C=O) groups is 1. The molecule has 2 heterocycles. The zero-order chi connectivity index (χ0) is 24.4. The van der Waals surface area contributed by atoms with Crippen molar-refractivity contribution in [3.63, 3.8) is 0 Å². The van der Waals surface area contributed by atoms with Crippen molar-refractivity contribution in [1.82, 2.24) is 15.1 Å². The lowest BCUT2D eigenvalue weighted by molar-refractivity contribution is -0.126. The highest BCUT2D eigenvalue weighted by Gasteiger charge is 2.36. The fraction of sp³-hybridized carbons (Fsp3) is 0.407. The Hall–Kier alpha value is -2.87. The van der Waals surface area contributed by atoms with E-state index in [0.29, 0.717) is 19.4 Å². The monoisotopic (exact) mass is 497 g/mol. The number of halogens is 2. The van der Waals surface area contributed by atoms with E-state index < -0.39 is 6.61 Å². The van der Waals surface area contributed by atoms with Gasteiger partial charge in [-0.3, -0.25) is 9.48 Å². The zero-order valence-electron chi connectivity index (χ0n) is 19.7. The number of alkyl halides is 2. The lowest BCUT2D eigenvalue weighted by Gasteiger charge is -2.29. The molecule has 2 atom stereocenters. The van der Waals surface area contributed by atoms with Gasteiger partial charge in [-0.05, 0) is 49.6 Å². The standard InChI is InChI=1S/C27H29F2N3O2S/c1-27(12-13-35-17-27)30-25(33)20-10-11-22-23(15-20)32(16-18-6-3-2-4-7-18)31-24(22)19-8-5-9-21(14-19)34-26(28)29/h2-9,14,20,26H,10-13,15-17H2,1H3,(H,30,33). The zero-order valence-corrected chi connectivity index (χ0v) is 20.5. The second kappa shape index (κ2) is 10.0. The molecule has 35 heavy (non-hydrogen) atoms. The van der Waals surface area contributed by atoms with Gasteiger partial charge in [0.2, 0.25) is 5.91 Å². The maximum atomic E-state index is 13.2. The number of hydrogen-bond acceptors (Lipinski definition) is 4. The second-order valence-electron chi connectivity index (χ2n) is 9.62. The Morgan fingerprint density at radius 3 is 2.83 bits per heavy atom. The number of thioether (sulfide) groups is 1. The van der Waals surface area contributed by atoms with Crippen LogP contribution in [0.5, 0.6) is 5.75 Å². The largest absolute Gasteiger partial charge is 0.435 e. The van der Waals surface area contributed by atoms with Gasteiger partial charge in [0, 0.05) is 40.5 Å². The van der Waals surface area contributed by atoms with E-state index in [2.05, 4.69) is 29.1 Å². The second-order valence-corrected chi connectivity index (χ2v) is 10.7. The van der Waals surface area contributed by atoms with Crippen molar-refractivity contribution in [3.8, 4) is 17.0 Å². The van der Waals surface area contributed by atoms with Gasteiger partial charge >= 0.3 is 6.61 Å². The molecule has 0 saturated carbocycles. The molecule has 5 rings (SSSR count). The first-order chi connectivity index (χ1) is 16.9. The van der Waals surface area contributed by atoms with Crippen molar-refractivity contribution in [2.45, 2.75) is 51.3 Å². The summed E-state index contributed by atoms with van der Waals surface area (Å²) in [6.07, 6.45) is 3.05. The minimum atomic E-state index is -2.88. The Morgan fingerprint density at radius 2 is 2.09 bits per heavy atom. The normalized spacial score (nSPS) is 21.7. The van der Waals surface area contributed by atoms with E-state index in [1.54, 1.807) is 12.1 Å². The van der Waals surface area contributed by atoms with Gasteiger partial charge < -0.3 is 10.1 Å². The summed E-state index contributed by atoms with van der Waals surface area (Å²) >= 11 is 1.88. The molecule has 2 aliphatic rings. The fourth-order valence-corrected chi connectivity index (χ4v) is 6.41. The van der Waals surface area contributed by atoms with E-state index in [1.165, 1.54) is 6.07 Å². The minimum absolute atomic E-state index is 0.111. The quantitative estimate of drug-likeness (QED) is 0.480. The van der Waals surface area contributed by atoms with E-state index in [0.717, 1.165) is 52.4 Å². The van der Waals surface area contributed by atoms with E-state index in [9.17, 15) is 13.6 Å². The van der Waals surface area contributed by atoms with Gasteiger partial charge in [0.1, 0.15) is 5.75 Å². The van der Waals surface area contributed by atoms with Gasteiger partial charge in [-0.2, -0.15) is 25.6 Å². The average Bonchev–Trinajstić information content (AvgIpc) is 3.43. The molecule has 5 nitrogen and oxygen atoms in total. The minimum Gasteiger partial charge on any atom is -0.435 e. The SMILES string of the molecule is CC1(NC(=O)C2CCc3c(-c4cccc(OC(F)F)c4)nn(Cc4ccccc4)c3C2)CCSC1. The van der Waals surface area contributed by atoms with Crippen LogP contribution >= 0.6 is 11.8 Å². The van der Waals surface area contributed by atoms with Crippen LogP contribution < -0.4 is 10.1 Å². The Morgan fingerprint density at radius 1 is 1.26 bits per heavy atom. The Bertz CT molecular complexity index is 1190. The summed E-state index contributed by atoms with van der Waals surface area (Å²) in [5.74, 6) is 2.14. The third-order valence-electron chi connectivity index (χ3n) is 6.87. The molecule has 1 aliphatic carbocycles. The van der Waals surface area contributed by atoms with Crippen molar-refractivity contribution in [1.29, 1.82) is 0 Å². The molecule has 2 unspecified atom stereocenters. The van der Waals surface area contributed by atoms with Crippen molar-refractivity contribution in [2.75, 3.05) is 11.5 Å². The van der Waals surface area contributed by atoms with Gasteiger partial charge in [-0.15, -0.1) is 0 Å². The van der Waals surface area contributed by atoms with Crippen molar-refractivity contribution >= 4 is 17.7 Å². The fourth-order valence-electron chi connectivity index (χ4n) is 5.01. The maximum absolute atomic E-state index is 13.2. The molecule has 2 aromatic carbocycles. The first-order valence-corrected chi connectivity index (χ1v) is 13.1. The number of ether oxygens (including phenoxy) is 1. The van der Waals surface area contributed by atoms with Crippen LogP contribution in [0.25, 0.3) is 11.3 Å². The number of nitrogens with zero attached hydrogens (tertiary/aromatic N) is 2. The summed E-state index contributed by atoms with van der Waals surface area (Å²) < 4.78 is 32.2. The first-order valence-electron chi connectivity index (χ1n) is 12.0. The lowest BCUT2D eigenvalue weighted by atomic mass is 9.84. The molecule has 1 saturated heterocycles. The van der Waals surface area contributed by atoms with E-state index in [4.69, 9.17) is 5.10 Å². The van der Waals surface area contributed by atoms with Crippen molar-refractivity contribution in [2.24, 2.45) is 5.92 Å². The van der Waals surface area contributed by atoms with Crippen molar-refractivity contribution in [3.05, 3.63) is 71.4 Å². The molecule has 1 N–H and O–H groups in total. The van der Waals surface area contributed by atoms with Crippen LogP contribution in [-0.2, 0) is 24.2 Å². The first kappa shape index (κ1) is 23.9. The molecule has 0 radical (unpaired) electrons. The number of hydrogen-bond donors (Lipinski definition) is 1. The van der Waals surface area contributed by atoms with Crippen LogP contribution in [0.1, 0.15) is 36.6 Å². The molecule has 1 aromatic heterocycles. The summed E-state index contributed by atoms with van der Waals surface area (Å²) in [7, 11) is 0. The smallest absolute Gasteiger partial charge is 0.387 e. The summed E-state index contributed by atoms with van der Waals surface area (Å²) in [6, 6.07) is 16.8. The number of fused-ring (bicyclic) bond motifs is 1. The Kier molecular flexibility index (Phi) is 6.82. The lowest BCUT2D eigenvalue weighted by Crippen LogP contribution is -2.49. The van der Waals surface area contributed by atoms with Crippen LogP contribution in [0.4, 0.5) is 8.78 Å². The molecule has 1 fully saturated rings. The predicted molar refractivity (Wildman–Crippen MR) is 134 cm³/mol. The highest BCUT2D eigenvalue weighted by molar-refractivity contribution is 7.99. The maximum Gasteiger partial charge on any atom is 0.387 e. The Balaban J connectivity index is 1.46. The molecule has 1 amide bonds. The third kappa shape index (κ3) is 5.37. The molecular formula is C27H29F2N3O2S. The molecule has 0 bridgehead atoms. The molecular weight excluding hydrogens is 468 g/mol. The van der Waals surface area contributed by atoms with E-state index in [-0.39, 0.29) is 23.1 Å². The molecule has 3 aromatic rings. The number of carbonyl (C=O) groups excluding carboxylic acids is 1. The highest BCUT2D eigenvalue weighted by atomic mass is 32.2. The molecule has 1 aliphatic heterocycles. The van der Waals surface area contributed by atoms with Crippen LogP contribution in [-0.4, -0.2) is 39.3 Å². The summed E-state index contributed by atoms with van der Waals surface area (Å²) in [5, 5.41) is 8.24. The summed E-state index contributed by atoms with van der Waals surface area (Å²) in [5.41, 5.74) is 4.62. The van der Waals surface area contributed by atoms with Crippen LogP contribution in [0.2, 0.25) is 0 Å². The van der Waals surface area contributed by atoms with Crippen molar-refractivity contribution < 1.29 is 18.3 Å². The number of amides is 1. The summed E-state index contributed by atoms with van der Waals surface area (Å²) in [4.78, 5) is 13.2. The molecule has 0 spiro atoms. The summed E-state index contributed by atoms with van der Waals surface area (Å²) in [6.45, 7) is -0.168. The number of rotatable bonds is 7. The average molecular weight is 498 g/mol. The Labute approximate surface area is 208 Å². The van der Waals surface area contributed by atoms with E-state index in [1.807, 2.05) is 40.7 Å². The highest BCUT2D eigenvalue weighted by Crippen LogP contribution is 2.36. The van der Waals surface area contributed by atoms with Gasteiger partial charge in [0.05, 0.1) is 12.2 Å². The van der Waals surface area contributed by atoms with Crippen LogP contribution in [0.3, 0.4) is 0 Å². The third-order valence-corrected chi connectivity index (χ3v) is 8.21. The number of aromatic nitrogens is 2. The predicted octanol–water partition coefficient (Wildman–Crippen LogP) is 5.32. The van der Waals surface area contributed by atoms with Crippen LogP contribution in [0, 0.1) is 5.92 Å². The van der Waals surface area contributed by atoms with Gasteiger partial charge in [0.25, 0.3) is 0 Å². The van der Waals surface area contributed by atoms with Crippen LogP contribution in [0.15, 0.2) is 54.6 Å². The molecule has 184 valence electrons. The topological polar surface area (TPSA) is 56.1 Å².